The molecule has 6 heteroatoms. The van der Waals surface area contributed by atoms with Crippen LogP contribution in [0.3, 0.4) is 0 Å². The van der Waals surface area contributed by atoms with Crippen LogP contribution in [-0.2, 0) is 10.0 Å². The smallest absolute Gasteiger partial charge is 0.243 e. The minimum Gasteiger partial charge on any atom is -0.496 e. The first-order valence-corrected chi connectivity index (χ1v) is 9.24. The second kappa shape index (κ2) is 6.75. The highest BCUT2D eigenvalue weighted by Crippen LogP contribution is 2.33. The number of carbonyl (C=O) groups is 1. The number of hydrogen-bond acceptors (Lipinski definition) is 4. The third-order valence-corrected chi connectivity index (χ3v) is 6.20. The zero-order chi connectivity index (χ0) is 17.2. The van der Waals surface area contributed by atoms with Crippen molar-refractivity contribution in [1.29, 1.82) is 0 Å². The summed E-state index contributed by atoms with van der Waals surface area (Å²) in [6.07, 6.45) is 2.50. The molecule has 1 saturated heterocycles. The molecule has 0 saturated carbocycles. The highest BCUT2D eigenvalue weighted by atomic mass is 32.2. The number of ether oxygens (including phenoxy) is 1. The van der Waals surface area contributed by atoms with Crippen LogP contribution >= 0.6 is 0 Å². The number of sulfonamides is 1. The molecule has 0 bridgehead atoms. The summed E-state index contributed by atoms with van der Waals surface area (Å²) in [5.41, 5.74) is 1.75. The summed E-state index contributed by atoms with van der Waals surface area (Å²) >= 11 is 0. The number of aldehydes is 1. The highest BCUT2D eigenvalue weighted by Gasteiger charge is 2.29. The number of methoxy groups -OCH3 is 1. The van der Waals surface area contributed by atoms with E-state index in [1.54, 1.807) is 42.5 Å². The van der Waals surface area contributed by atoms with Gasteiger partial charge in [-0.15, -0.1) is 0 Å². The fourth-order valence-electron chi connectivity index (χ4n) is 2.97. The second-order valence-corrected chi connectivity index (χ2v) is 7.59. The lowest BCUT2D eigenvalue weighted by Gasteiger charge is -2.18. The van der Waals surface area contributed by atoms with E-state index in [9.17, 15) is 13.2 Å². The molecular formula is C18H19NO4S. The molecule has 1 fully saturated rings. The summed E-state index contributed by atoms with van der Waals surface area (Å²) in [5.74, 6) is 0.427. The first-order valence-electron chi connectivity index (χ1n) is 7.80. The van der Waals surface area contributed by atoms with E-state index in [4.69, 9.17) is 4.74 Å². The topological polar surface area (TPSA) is 63.7 Å². The molecule has 1 aliphatic heterocycles. The van der Waals surface area contributed by atoms with Gasteiger partial charge in [0, 0.05) is 18.7 Å². The van der Waals surface area contributed by atoms with Crippen LogP contribution in [0.2, 0.25) is 0 Å². The van der Waals surface area contributed by atoms with E-state index >= 15 is 0 Å². The summed E-state index contributed by atoms with van der Waals surface area (Å²) < 4.78 is 32.7. The Kier molecular flexibility index (Phi) is 4.69. The molecule has 0 aromatic heterocycles. The SMILES string of the molecule is COc1cc(-c2ccccc2S(=O)(=O)N2CCCC2)ccc1C=O. The van der Waals surface area contributed by atoms with E-state index in [0.29, 0.717) is 35.5 Å². The van der Waals surface area contributed by atoms with Gasteiger partial charge in [-0.05, 0) is 36.6 Å². The van der Waals surface area contributed by atoms with Crippen LogP contribution in [0.15, 0.2) is 47.4 Å². The van der Waals surface area contributed by atoms with Crippen LogP contribution in [0.1, 0.15) is 23.2 Å². The maximum Gasteiger partial charge on any atom is 0.243 e. The molecule has 5 nitrogen and oxygen atoms in total. The van der Waals surface area contributed by atoms with Gasteiger partial charge >= 0.3 is 0 Å². The van der Waals surface area contributed by atoms with Crippen molar-refractivity contribution in [2.24, 2.45) is 0 Å². The Balaban J connectivity index is 2.12. The lowest BCUT2D eigenvalue weighted by atomic mass is 10.0. The van der Waals surface area contributed by atoms with Crippen molar-refractivity contribution in [3.05, 3.63) is 48.0 Å². The lowest BCUT2D eigenvalue weighted by molar-refractivity contribution is 0.112. The van der Waals surface area contributed by atoms with E-state index in [-0.39, 0.29) is 4.90 Å². The largest absolute Gasteiger partial charge is 0.496 e. The van der Waals surface area contributed by atoms with Gasteiger partial charge in [0.1, 0.15) is 5.75 Å². The average Bonchev–Trinajstić information content (AvgIpc) is 3.16. The minimum absolute atomic E-state index is 0.285. The molecule has 0 N–H and O–H groups in total. The van der Waals surface area contributed by atoms with Crippen molar-refractivity contribution in [3.8, 4) is 16.9 Å². The standard InChI is InChI=1S/C18H19NO4S/c1-23-17-12-14(8-9-15(17)13-20)16-6-2-3-7-18(16)24(21,22)19-10-4-5-11-19/h2-3,6-9,12-13H,4-5,10-11H2,1H3. The second-order valence-electron chi connectivity index (χ2n) is 5.68. The molecule has 0 atom stereocenters. The Morgan fingerprint density at radius 3 is 2.46 bits per heavy atom. The molecule has 0 amide bonds. The quantitative estimate of drug-likeness (QED) is 0.782. The van der Waals surface area contributed by atoms with Crippen LogP contribution < -0.4 is 4.74 Å². The predicted molar refractivity (Wildman–Crippen MR) is 91.8 cm³/mol. The van der Waals surface area contributed by atoms with Gasteiger partial charge in [0.2, 0.25) is 10.0 Å². The van der Waals surface area contributed by atoms with Crippen molar-refractivity contribution < 1.29 is 17.9 Å². The number of hydrogen-bond donors (Lipinski definition) is 0. The molecule has 0 spiro atoms. The molecule has 3 rings (SSSR count). The molecule has 0 aliphatic carbocycles. The van der Waals surface area contributed by atoms with Gasteiger partial charge in [-0.3, -0.25) is 4.79 Å². The fraction of sp³-hybridized carbons (Fsp3) is 0.278. The van der Waals surface area contributed by atoms with Crippen LogP contribution in [-0.4, -0.2) is 39.2 Å². The van der Waals surface area contributed by atoms with Gasteiger partial charge < -0.3 is 4.74 Å². The summed E-state index contributed by atoms with van der Waals surface area (Å²) in [6, 6.07) is 12.0. The third-order valence-electron chi connectivity index (χ3n) is 4.24. The number of nitrogens with zero attached hydrogens (tertiary/aromatic N) is 1. The van der Waals surface area contributed by atoms with Gasteiger partial charge in [-0.25, -0.2) is 8.42 Å². The van der Waals surface area contributed by atoms with Gasteiger partial charge in [0.05, 0.1) is 17.6 Å². The number of benzene rings is 2. The molecule has 1 heterocycles. The van der Waals surface area contributed by atoms with Gasteiger partial charge in [-0.2, -0.15) is 4.31 Å². The average molecular weight is 345 g/mol. The summed E-state index contributed by atoms with van der Waals surface area (Å²) in [5, 5.41) is 0. The van der Waals surface area contributed by atoms with E-state index < -0.39 is 10.0 Å². The summed E-state index contributed by atoms with van der Waals surface area (Å²) in [7, 11) is -2.04. The van der Waals surface area contributed by atoms with E-state index in [1.807, 2.05) is 0 Å². The Morgan fingerprint density at radius 2 is 1.79 bits per heavy atom. The van der Waals surface area contributed by atoms with Crippen molar-refractivity contribution in [1.82, 2.24) is 4.31 Å². The summed E-state index contributed by atoms with van der Waals surface area (Å²) in [6.45, 7) is 1.12. The first kappa shape index (κ1) is 16.7. The predicted octanol–water partition coefficient (Wildman–Crippen LogP) is 2.96. The molecule has 2 aromatic carbocycles. The van der Waals surface area contributed by atoms with Crippen LogP contribution in [0.5, 0.6) is 5.75 Å². The number of rotatable bonds is 5. The van der Waals surface area contributed by atoms with E-state index in [0.717, 1.165) is 19.1 Å². The maximum absolute atomic E-state index is 12.9. The molecule has 2 aromatic rings. The van der Waals surface area contributed by atoms with Gasteiger partial charge in [-0.1, -0.05) is 24.3 Å². The molecule has 1 aliphatic rings. The molecule has 0 radical (unpaired) electrons. The Hall–Kier alpha value is -2.18. The zero-order valence-electron chi connectivity index (χ0n) is 13.4. The van der Waals surface area contributed by atoms with Gasteiger partial charge in [0.15, 0.2) is 6.29 Å². The van der Waals surface area contributed by atoms with Crippen molar-refractivity contribution in [2.75, 3.05) is 20.2 Å². The van der Waals surface area contributed by atoms with E-state index in [1.165, 1.54) is 11.4 Å². The lowest BCUT2D eigenvalue weighted by Crippen LogP contribution is -2.28. The monoisotopic (exact) mass is 345 g/mol. The number of carbonyl (C=O) groups excluding carboxylic acids is 1. The van der Waals surface area contributed by atoms with Crippen LogP contribution in [0, 0.1) is 0 Å². The highest BCUT2D eigenvalue weighted by molar-refractivity contribution is 7.89. The molecule has 24 heavy (non-hydrogen) atoms. The van der Waals surface area contributed by atoms with Crippen LogP contribution in [0.25, 0.3) is 11.1 Å². The Bertz CT molecular complexity index is 855. The van der Waals surface area contributed by atoms with Crippen LogP contribution in [0.4, 0.5) is 0 Å². The Morgan fingerprint density at radius 1 is 1.08 bits per heavy atom. The van der Waals surface area contributed by atoms with Crippen molar-refractivity contribution in [2.45, 2.75) is 17.7 Å². The fourth-order valence-corrected chi connectivity index (χ4v) is 4.71. The zero-order valence-corrected chi connectivity index (χ0v) is 14.3. The normalized spacial score (nSPS) is 15.4. The van der Waals surface area contributed by atoms with Crippen molar-refractivity contribution >= 4 is 16.3 Å². The van der Waals surface area contributed by atoms with E-state index in [2.05, 4.69) is 0 Å². The third kappa shape index (κ3) is 2.95. The van der Waals surface area contributed by atoms with Gasteiger partial charge in [0.25, 0.3) is 0 Å². The first-order chi connectivity index (χ1) is 11.6. The molecular weight excluding hydrogens is 326 g/mol. The maximum atomic E-state index is 12.9. The molecule has 126 valence electrons. The Labute approximate surface area is 141 Å². The van der Waals surface area contributed by atoms with Crippen molar-refractivity contribution in [3.63, 3.8) is 0 Å². The molecule has 0 unspecified atom stereocenters. The summed E-state index contributed by atoms with van der Waals surface area (Å²) in [4.78, 5) is 11.3. The minimum atomic E-state index is -3.53.